The average molecular weight is 193 g/mol. The maximum Gasteiger partial charge on any atom is 0.153 e. The highest BCUT2D eigenvalue weighted by Gasteiger charge is 2.27. The highest BCUT2D eigenvalue weighted by Crippen LogP contribution is 2.28. The lowest BCUT2D eigenvalue weighted by molar-refractivity contribution is -0.123. The molecular formula is C9H14ClFO. The van der Waals surface area contributed by atoms with Gasteiger partial charge in [-0.1, -0.05) is 0 Å². The molecule has 0 aliphatic heterocycles. The Bertz CT molecular complexity index is 162. The van der Waals surface area contributed by atoms with Gasteiger partial charge in [0.1, 0.15) is 6.17 Å². The third-order valence-electron chi connectivity index (χ3n) is 2.45. The van der Waals surface area contributed by atoms with Crippen LogP contribution >= 0.6 is 11.6 Å². The van der Waals surface area contributed by atoms with Gasteiger partial charge in [0.2, 0.25) is 0 Å². The molecule has 0 spiro atoms. The molecule has 1 rings (SSSR count). The van der Waals surface area contributed by atoms with Gasteiger partial charge in [-0.05, 0) is 32.6 Å². The van der Waals surface area contributed by atoms with Gasteiger partial charge in [0, 0.05) is 5.92 Å². The minimum absolute atomic E-state index is 0.0181. The topological polar surface area (TPSA) is 17.1 Å². The highest BCUT2D eigenvalue weighted by molar-refractivity contribution is 6.31. The minimum Gasteiger partial charge on any atom is -0.298 e. The molecule has 0 aromatic rings. The second kappa shape index (κ2) is 4.22. The summed E-state index contributed by atoms with van der Waals surface area (Å²) in [7, 11) is 0. The quantitative estimate of drug-likeness (QED) is 0.615. The molecule has 0 heterocycles. The summed E-state index contributed by atoms with van der Waals surface area (Å²) >= 11 is 5.65. The van der Waals surface area contributed by atoms with Crippen LogP contribution in [0.15, 0.2) is 0 Å². The lowest BCUT2D eigenvalue weighted by Crippen LogP contribution is -2.27. The molecule has 0 bridgehead atoms. The summed E-state index contributed by atoms with van der Waals surface area (Å²) in [6.07, 6.45) is 1.72. The Labute approximate surface area is 77.3 Å². The molecule has 0 radical (unpaired) electrons. The molecule has 3 heteroatoms. The number of halogens is 2. The molecule has 0 aromatic heterocycles. The van der Waals surface area contributed by atoms with E-state index < -0.39 is 11.5 Å². The molecule has 1 aliphatic rings. The Morgan fingerprint density at radius 3 is 2.33 bits per heavy atom. The van der Waals surface area contributed by atoms with E-state index >= 15 is 0 Å². The van der Waals surface area contributed by atoms with Crippen LogP contribution in [0.1, 0.15) is 32.6 Å². The SMILES string of the molecule is CC(Cl)C(=O)C1CCC(F)CC1. The van der Waals surface area contributed by atoms with Gasteiger partial charge in [-0.15, -0.1) is 11.6 Å². The van der Waals surface area contributed by atoms with E-state index in [1.165, 1.54) is 0 Å². The second-order valence-electron chi connectivity index (χ2n) is 3.47. The molecule has 12 heavy (non-hydrogen) atoms. The number of rotatable bonds is 2. The lowest BCUT2D eigenvalue weighted by atomic mass is 9.84. The van der Waals surface area contributed by atoms with Crippen LogP contribution in [0.5, 0.6) is 0 Å². The molecule has 0 N–H and O–H groups in total. The lowest BCUT2D eigenvalue weighted by Gasteiger charge is -2.23. The zero-order valence-electron chi connectivity index (χ0n) is 7.22. The van der Waals surface area contributed by atoms with Gasteiger partial charge in [0.25, 0.3) is 0 Å². The number of hydrogen-bond acceptors (Lipinski definition) is 1. The van der Waals surface area contributed by atoms with Crippen molar-refractivity contribution in [3.8, 4) is 0 Å². The summed E-state index contributed by atoms with van der Waals surface area (Å²) in [6, 6.07) is 0. The van der Waals surface area contributed by atoms with Crippen molar-refractivity contribution in [3.05, 3.63) is 0 Å². The average Bonchev–Trinajstić information content (AvgIpc) is 2.04. The fraction of sp³-hybridized carbons (Fsp3) is 0.889. The van der Waals surface area contributed by atoms with Crippen molar-refractivity contribution in [2.45, 2.75) is 44.2 Å². The number of Topliss-reactive ketones (excluding diaryl/α,β-unsaturated/α-hetero) is 1. The van der Waals surface area contributed by atoms with E-state index in [4.69, 9.17) is 11.6 Å². The summed E-state index contributed by atoms with van der Waals surface area (Å²) in [4.78, 5) is 11.4. The summed E-state index contributed by atoms with van der Waals surface area (Å²) < 4.78 is 12.7. The molecule has 1 nitrogen and oxygen atoms in total. The summed E-state index contributed by atoms with van der Waals surface area (Å²) in [6.45, 7) is 1.69. The van der Waals surface area contributed by atoms with Gasteiger partial charge in [-0.3, -0.25) is 4.79 Å². The molecule has 0 aromatic carbocycles. The summed E-state index contributed by atoms with van der Waals surface area (Å²) in [5.74, 6) is 0.105. The van der Waals surface area contributed by atoms with Crippen LogP contribution in [0.25, 0.3) is 0 Å². The molecule has 1 atom stereocenters. The van der Waals surface area contributed by atoms with Crippen LogP contribution in [0.3, 0.4) is 0 Å². The Morgan fingerprint density at radius 1 is 1.42 bits per heavy atom. The van der Waals surface area contributed by atoms with E-state index in [0.717, 1.165) is 0 Å². The first kappa shape index (κ1) is 9.97. The zero-order valence-corrected chi connectivity index (χ0v) is 7.98. The largest absolute Gasteiger partial charge is 0.298 e. The Balaban J connectivity index is 2.39. The van der Waals surface area contributed by atoms with E-state index in [2.05, 4.69) is 0 Å². The van der Waals surface area contributed by atoms with Crippen molar-refractivity contribution in [3.63, 3.8) is 0 Å². The molecule has 1 saturated carbocycles. The van der Waals surface area contributed by atoms with E-state index in [0.29, 0.717) is 25.7 Å². The van der Waals surface area contributed by atoms with Crippen LogP contribution in [0, 0.1) is 5.92 Å². The minimum atomic E-state index is -0.695. The van der Waals surface area contributed by atoms with Crippen LogP contribution < -0.4 is 0 Å². The fourth-order valence-electron chi connectivity index (χ4n) is 1.66. The maximum absolute atomic E-state index is 12.7. The van der Waals surface area contributed by atoms with Crippen LogP contribution in [0.2, 0.25) is 0 Å². The third-order valence-corrected chi connectivity index (χ3v) is 2.67. The van der Waals surface area contributed by atoms with E-state index in [-0.39, 0.29) is 11.7 Å². The van der Waals surface area contributed by atoms with E-state index in [1.807, 2.05) is 0 Å². The van der Waals surface area contributed by atoms with Crippen molar-refractivity contribution in [2.24, 2.45) is 5.92 Å². The maximum atomic E-state index is 12.7. The first-order valence-corrected chi connectivity index (χ1v) is 4.86. The van der Waals surface area contributed by atoms with Gasteiger partial charge >= 0.3 is 0 Å². The molecule has 0 amide bonds. The Morgan fingerprint density at radius 2 is 1.92 bits per heavy atom. The predicted octanol–water partition coefficient (Wildman–Crippen LogP) is 2.71. The molecule has 0 saturated heterocycles. The predicted molar refractivity (Wildman–Crippen MR) is 47.2 cm³/mol. The van der Waals surface area contributed by atoms with Gasteiger partial charge in [-0.25, -0.2) is 4.39 Å². The van der Waals surface area contributed by atoms with Gasteiger partial charge < -0.3 is 0 Å². The normalized spacial score (nSPS) is 32.9. The van der Waals surface area contributed by atoms with Gasteiger partial charge in [-0.2, -0.15) is 0 Å². The van der Waals surface area contributed by atoms with Gasteiger partial charge in [0.05, 0.1) is 5.38 Å². The van der Waals surface area contributed by atoms with Crippen molar-refractivity contribution >= 4 is 17.4 Å². The van der Waals surface area contributed by atoms with Crippen molar-refractivity contribution < 1.29 is 9.18 Å². The smallest absolute Gasteiger partial charge is 0.153 e. The summed E-state index contributed by atoms with van der Waals surface area (Å²) in [5, 5.41) is -0.411. The molecule has 1 unspecified atom stereocenters. The zero-order chi connectivity index (χ0) is 9.14. The first-order valence-electron chi connectivity index (χ1n) is 4.43. The fourth-order valence-corrected chi connectivity index (χ4v) is 1.84. The monoisotopic (exact) mass is 192 g/mol. The molecule has 70 valence electrons. The van der Waals surface area contributed by atoms with Crippen molar-refractivity contribution in [2.75, 3.05) is 0 Å². The Kier molecular flexibility index (Phi) is 3.51. The molecular weight excluding hydrogens is 179 g/mol. The number of ketones is 1. The highest BCUT2D eigenvalue weighted by atomic mass is 35.5. The van der Waals surface area contributed by atoms with Crippen LogP contribution in [-0.2, 0) is 4.79 Å². The molecule has 1 aliphatic carbocycles. The number of hydrogen-bond donors (Lipinski definition) is 0. The van der Waals surface area contributed by atoms with Gasteiger partial charge in [0.15, 0.2) is 5.78 Å². The molecule has 1 fully saturated rings. The second-order valence-corrected chi connectivity index (χ2v) is 4.12. The number of carbonyl (C=O) groups is 1. The summed E-state index contributed by atoms with van der Waals surface area (Å²) in [5.41, 5.74) is 0. The van der Waals surface area contributed by atoms with E-state index in [1.54, 1.807) is 6.92 Å². The standard InChI is InChI=1S/C9H14ClFO/c1-6(10)9(12)7-2-4-8(11)5-3-7/h6-8H,2-5H2,1H3. The first-order chi connectivity index (χ1) is 5.61. The number of carbonyl (C=O) groups excluding carboxylic acids is 1. The van der Waals surface area contributed by atoms with Crippen molar-refractivity contribution in [1.82, 2.24) is 0 Å². The number of alkyl halides is 2. The van der Waals surface area contributed by atoms with Crippen LogP contribution in [0.4, 0.5) is 4.39 Å². The van der Waals surface area contributed by atoms with Crippen LogP contribution in [-0.4, -0.2) is 17.3 Å². The third kappa shape index (κ3) is 2.44. The van der Waals surface area contributed by atoms with Crippen molar-refractivity contribution in [1.29, 1.82) is 0 Å². The van der Waals surface area contributed by atoms with E-state index in [9.17, 15) is 9.18 Å². The Hall–Kier alpha value is -0.110.